The predicted octanol–water partition coefficient (Wildman–Crippen LogP) is 4.16. The zero-order valence-corrected chi connectivity index (χ0v) is 20.4. The van der Waals surface area contributed by atoms with Crippen molar-refractivity contribution in [1.29, 1.82) is 0 Å². The van der Waals surface area contributed by atoms with E-state index in [1.807, 2.05) is 13.8 Å². The second-order valence-electron chi connectivity index (χ2n) is 8.88. The largest absolute Gasteiger partial charge is 0.494 e. The number of hydrogen-bond donors (Lipinski definition) is 1. The maximum absolute atomic E-state index is 11.8. The Morgan fingerprint density at radius 3 is 2.66 bits per heavy atom. The SMILES string of the molecule is CONC(=O)c1ccc(OCCCC2CCCCN2c2ncc(-c3noc(C(C)C)n3)cn2)cc1. The Bertz CT molecular complexity index is 1080. The van der Waals surface area contributed by atoms with Gasteiger partial charge in [0.2, 0.25) is 17.7 Å². The second-order valence-corrected chi connectivity index (χ2v) is 8.88. The molecule has 1 aromatic carbocycles. The lowest BCUT2D eigenvalue weighted by atomic mass is 9.98. The maximum atomic E-state index is 11.8. The van der Waals surface area contributed by atoms with E-state index in [1.54, 1.807) is 36.7 Å². The van der Waals surface area contributed by atoms with Gasteiger partial charge in [-0.2, -0.15) is 4.98 Å². The summed E-state index contributed by atoms with van der Waals surface area (Å²) in [7, 11) is 1.41. The van der Waals surface area contributed by atoms with Crippen molar-refractivity contribution in [2.75, 3.05) is 25.2 Å². The second kappa shape index (κ2) is 11.7. The van der Waals surface area contributed by atoms with E-state index in [2.05, 4.69) is 35.3 Å². The van der Waals surface area contributed by atoms with Crippen molar-refractivity contribution >= 4 is 11.9 Å². The van der Waals surface area contributed by atoms with Crippen molar-refractivity contribution in [3.8, 4) is 17.1 Å². The van der Waals surface area contributed by atoms with Crippen LogP contribution in [0.1, 0.15) is 68.1 Å². The quantitative estimate of drug-likeness (QED) is 0.337. The normalized spacial score (nSPS) is 15.9. The van der Waals surface area contributed by atoms with E-state index >= 15 is 0 Å². The molecule has 35 heavy (non-hydrogen) atoms. The Morgan fingerprint density at radius 1 is 1.20 bits per heavy atom. The van der Waals surface area contributed by atoms with Crippen molar-refractivity contribution < 1.29 is 18.9 Å². The molecule has 1 aliphatic heterocycles. The Labute approximate surface area is 205 Å². The van der Waals surface area contributed by atoms with Crippen LogP contribution in [0.4, 0.5) is 5.95 Å². The standard InChI is InChI=1S/C25H32N6O4/c1-17(2)24-28-22(29-35-24)19-15-26-25(27-16-19)31-13-5-4-7-20(31)8-6-14-34-21-11-9-18(10-12-21)23(32)30-33-3/h9-12,15-17,20H,4-8,13-14H2,1-3H3,(H,30,32). The third-order valence-corrected chi connectivity index (χ3v) is 5.98. The van der Waals surface area contributed by atoms with Gasteiger partial charge < -0.3 is 14.2 Å². The van der Waals surface area contributed by atoms with Gasteiger partial charge in [0.25, 0.3) is 5.91 Å². The number of piperidine rings is 1. The maximum Gasteiger partial charge on any atom is 0.274 e. The van der Waals surface area contributed by atoms with Crippen molar-refractivity contribution in [2.45, 2.75) is 57.9 Å². The van der Waals surface area contributed by atoms with Gasteiger partial charge in [-0.15, -0.1) is 0 Å². The number of ether oxygens (including phenoxy) is 1. The molecule has 4 rings (SSSR count). The molecule has 0 radical (unpaired) electrons. The number of amides is 1. The Hall–Kier alpha value is -3.53. The molecule has 1 amide bonds. The molecule has 1 atom stereocenters. The van der Waals surface area contributed by atoms with Crippen LogP contribution < -0.4 is 15.1 Å². The molecule has 0 aliphatic carbocycles. The molecular formula is C25H32N6O4. The lowest BCUT2D eigenvalue weighted by Crippen LogP contribution is -2.40. The number of carbonyl (C=O) groups is 1. The van der Waals surface area contributed by atoms with E-state index in [1.165, 1.54) is 13.5 Å². The van der Waals surface area contributed by atoms with E-state index in [4.69, 9.17) is 9.26 Å². The minimum atomic E-state index is -0.288. The fourth-order valence-electron chi connectivity index (χ4n) is 4.10. The molecule has 186 valence electrons. The average Bonchev–Trinajstić information content (AvgIpc) is 3.38. The van der Waals surface area contributed by atoms with Crippen LogP contribution in [0.3, 0.4) is 0 Å². The first-order valence-corrected chi connectivity index (χ1v) is 12.0. The van der Waals surface area contributed by atoms with Gasteiger partial charge >= 0.3 is 0 Å². The molecule has 3 heterocycles. The van der Waals surface area contributed by atoms with Crippen LogP contribution in [0.25, 0.3) is 11.4 Å². The van der Waals surface area contributed by atoms with Gasteiger partial charge in [-0.05, 0) is 56.4 Å². The third-order valence-electron chi connectivity index (χ3n) is 5.98. The first-order valence-electron chi connectivity index (χ1n) is 12.0. The first-order chi connectivity index (χ1) is 17.0. The third kappa shape index (κ3) is 6.33. The topological polar surface area (TPSA) is 116 Å². The summed E-state index contributed by atoms with van der Waals surface area (Å²) < 4.78 is 11.2. The minimum absolute atomic E-state index is 0.177. The zero-order chi connectivity index (χ0) is 24.6. The lowest BCUT2D eigenvalue weighted by Gasteiger charge is -2.35. The molecule has 0 saturated carbocycles. The molecular weight excluding hydrogens is 448 g/mol. The van der Waals surface area contributed by atoms with Gasteiger partial charge in [-0.3, -0.25) is 9.63 Å². The van der Waals surface area contributed by atoms with Crippen LogP contribution in [0, 0.1) is 0 Å². The molecule has 1 N–H and O–H groups in total. The smallest absolute Gasteiger partial charge is 0.274 e. The molecule has 2 aromatic heterocycles. The molecule has 10 nitrogen and oxygen atoms in total. The summed E-state index contributed by atoms with van der Waals surface area (Å²) in [6, 6.07) is 7.38. The van der Waals surface area contributed by atoms with E-state index in [0.717, 1.165) is 49.5 Å². The predicted molar refractivity (Wildman–Crippen MR) is 130 cm³/mol. The Morgan fingerprint density at radius 2 is 1.97 bits per heavy atom. The van der Waals surface area contributed by atoms with Gasteiger partial charge in [0.1, 0.15) is 5.75 Å². The van der Waals surface area contributed by atoms with Gasteiger partial charge in [-0.25, -0.2) is 15.4 Å². The summed E-state index contributed by atoms with van der Waals surface area (Å²) in [4.78, 5) is 32.4. The van der Waals surface area contributed by atoms with Crippen LogP contribution in [0.5, 0.6) is 5.75 Å². The highest BCUT2D eigenvalue weighted by molar-refractivity contribution is 5.93. The van der Waals surface area contributed by atoms with Crippen LogP contribution >= 0.6 is 0 Å². The Kier molecular flexibility index (Phi) is 8.25. The molecule has 1 unspecified atom stereocenters. The highest BCUT2D eigenvalue weighted by Crippen LogP contribution is 2.26. The number of hydrogen-bond acceptors (Lipinski definition) is 9. The van der Waals surface area contributed by atoms with Gasteiger partial charge in [0, 0.05) is 36.5 Å². The van der Waals surface area contributed by atoms with Crippen molar-refractivity contribution in [1.82, 2.24) is 25.6 Å². The Balaban J connectivity index is 1.29. The summed E-state index contributed by atoms with van der Waals surface area (Å²) in [6.07, 6.45) is 8.87. The van der Waals surface area contributed by atoms with Crippen molar-refractivity contribution in [2.24, 2.45) is 0 Å². The van der Waals surface area contributed by atoms with Gasteiger partial charge in [0.15, 0.2) is 0 Å². The molecule has 0 spiro atoms. The lowest BCUT2D eigenvalue weighted by molar-refractivity contribution is 0.0537. The summed E-state index contributed by atoms with van der Waals surface area (Å²) in [5, 5.41) is 4.04. The molecule has 1 aliphatic rings. The zero-order valence-electron chi connectivity index (χ0n) is 20.4. The van der Waals surface area contributed by atoms with Gasteiger partial charge in [0.05, 0.1) is 19.3 Å². The summed E-state index contributed by atoms with van der Waals surface area (Å²) in [6.45, 7) is 5.57. The molecule has 3 aromatic rings. The number of nitrogens with one attached hydrogen (secondary N) is 1. The number of benzene rings is 1. The van der Waals surface area contributed by atoms with E-state index in [-0.39, 0.29) is 11.8 Å². The average molecular weight is 481 g/mol. The minimum Gasteiger partial charge on any atom is -0.494 e. The fraction of sp³-hybridized carbons (Fsp3) is 0.480. The van der Waals surface area contributed by atoms with Crippen LogP contribution in [0.15, 0.2) is 41.2 Å². The summed E-state index contributed by atoms with van der Waals surface area (Å²) >= 11 is 0. The first kappa shape index (κ1) is 24.6. The molecule has 0 bridgehead atoms. The molecule has 10 heteroatoms. The van der Waals surface area contributed by atoms with Crippen molar-refractivity contribution in [3.05, 3.63) is 48.1 Å². The molecule has 1 fully saturated rings. The summed E-state index contributed by atoms with van der Waals surface area (Å²) in [5.41, 5.74) is 3.56. The van der Waals surface area contributed by atoms with Crippen LogP contribution in [-0.2, 0) is 4.84 Å². The monoisotopic (exact) mass is 480 g/mol. The highest BCUT2D eigenvalue weighted by Gasteiger charge is 2.24. The summed E-state index contributed by atoms with van der Waals surface area (Å²) in [5.74, 6) is 2.48. The van der Waals surface area contributed by atoms with E-state index in [0.29, 0.717) is 29.9 Å². The van der Waals surface area contributed by atoms with Gasteiger partial charge in [-0.1, -0.05) is 19.0 Å². The molecule has 1 saturated heterocycles. The number of anilines is 1. The number of hydroxylamine groups is 1. The number of rotatable bonds is 10. The van der Waals surface area contributed by atoms with Crippen LogP contribution in [0.2, 0.25) is 0 Å². The van der Waals surface area contributed by atoms with E-state index in [9.17, 15) is 4.79 Å². The van der Waals surface area contributed by atoms with Crippen molar-refractivity contribution in [3.63, 3.8) is 0 Å². The number of carbonyl (C=O) groups excluding carboxylic acids is 1. The fourth-order valence-corrected chi connectivity index (χ4v) is 4.10. The van der Waals surface area contributed by atoms with Crippen LogP contribution in [-0.4, -0.2) is 52.3 Å². The highest BCUT2D eigenvalue weighted by atomic mass is 16.6. The number of aromatic nitrogens is 4. The number of nitrogens with zero attached hydrogens (tertiary/aromatic N) is 5. The van der Waals surface area contributed by atoms with E-state index < -0.39 is 0 Å².